The molecule has 0 aliphatic carbocycles. The summed E-state index contributed by atoms with van der Waals surface area (Å²) in [5.74, 6) is -0.139. The van der Waals surface area contributed by atoms with Crippen LogP contribution in [0.3, 0.4) is 0 Å². The van der Waals surface area contributed by atoms with Gasteiger partial charge in [0.15, 0.2) is 9.84 Å². The first kappa shape index (κ1) is 16.8. The van der Waals surface area contributed by atoms with Crippen molar-refractivity contribution in [3.8, 4) is 0 Å². The lowest BCUT2D eigenvalue weighted by molar-refractivity contribution is 0.202. The Kier molecular flexibility index (Phi) is 5.99. The highest BCUT2D eigenvalue weighted by Crippen LogP contribution is 2.22. The van der Waals surface area contributed by atoms with Crippen molar-refractivity contribution < 1.29 is 13.3 Å². The molecule has 0 aliphatic rings. The lowest BCUT2D eigenvalue weighted by atomic mass is 10.2. The van der Waals surface area contributed by atoms with Crippen LogP contribution in [0.5, 0.6) is 0 Å². The van der Waals surface area contributed by atoms with Crippen molar-refractivity contribution in [2.45, 2.75) is 10.6 Å². The van der Waals surface area contributed by atoms with Gasteiger partial charge in [-0.25, -0.2) is 8.42 Å². The summed E-state index contributed by atoms with van der Waals surface area (Å²) in [6.07, 6.45) is 0. The summed E-state index contributed by atoms with van der Waals surface area (Å²) >= 11 is 0. The second kappa shape index (κ2) is 8.19. The lowest BCUT2D eigenvalue weighted by Gasteiger charge is -2.12. The average molecular weight is 332 g/mol. The smallest absolute Gasteiger partial charge is 0.182 e. The first-order valence-electron chi connectivity index (χ1n) is 6.88. The van der Waals surface area contributed by atoms with Crippen molar-refractivity contribution in [1.82, 2.24) is 0 Å². The third kappa shape index (κ3) is 5.00. The molecule has 7 nitrogen and oxygen atoms in total. The Labute approximate surface area is 134 Å². The average Bonchev–Trinajstić information content (AvgIpc) is 2.57. The third-order valence-electron chi connectivity index (χ3n) is 3.00. The summed E-state index contributed by atoms with van der Waals surface area (Å²) in [4.78, 5) is 8.07. The zero-order chi connectivity index (χ0) is 16.5. The van der Waals surface area contributed by atoms with Crippen molar-refractivity contribution in [2.75, 3.05) is 18.6 Å². The van der Waals surface area contributed by atoms with Crippen LogP contribution in [0.15, 0.2) is 64.6 Å². The fourth-order valence-electron chi connectivity index (χ4n) is 1.92. The number of nitrogens with one attached hydrogen (secondary N) is 1. The van der Waals surface area contributed by atoms with Crippen LogP contribution in [-0.2, 0) is 20.4 Å². The van der Waals surface area contributed by atoms with Gasteiger partial charge < -0.3 is 0 Å². The van der Waals surface area contributed by atoms with Crippen molar-refractivity contribution in [3.63, 3.8) is 0 Å². The maximum absolute atomic E-state index is 12.4. The van der Waals surface area contributed by atoms with Gasteiger partial charge in [-0.05, 0) is 29.3 Å². The zero-order valence-corrected chi connectivity index (χ0v) is 13.1. The number of anilines is 1. The molecular formula is C15H16N4O3S. The van der Waals surface area contributed by atoms with Crippen LogP contribution in [0.2, 0.25) is 0 Å². The Morgan fingerprint density at radius 3 is 2.52 bits per heavy atom. The molecule has 0 aliphatic heterocycles. The Balaban J connectivity index is 2.09. The van der Waals surface area contributed by atoms with Gasteiger partial charge in [0.2, 0.25) is 0 Å². The van der Waals surface area contributed by atoms with Crippen LogP contribution in [0.4, 0.5) is 5.69 Å². The lowest BCUT2D eigenvalue weighted by Crippen LogP contribution is -2.10. The first-order chi connectivity index (χ1) is 11.1. The molecule has 0 radical (unpaired) electrons. The fraction of sp³-hybridized carbons (Fsp3) is 0.200. The molecule has 0 amide bonds. The summed E-state index contributed by atoms with van der Waals surface area (Å²) < 4.78 is 24.9. The van der Waals surface area contributed by atoms with E-state index in [0.29, 0.717) is 11.3 Å². The topological polar surface area (TPSA) is 104 Å². The molecule has 120 valence electrons. The molecule has 0 spiro atoms. The summed E-state index contributed by atoms with van der Waals surface area (Å²) in [5, 5.41) is 3.34. The quantitative estimate of drug-likeness (QED) is 0.263. The van der Waals surface area contributed by atoms with Gasteiger partial charge in [0.05, 0.1) is 29.5 Å². The molecule has 8 heteroatoms. The van der Waals surface area contributed by atoms with Gasteiger partial charge in [-0.1, -0.05) is 41.5 Å². The van der Waals surface area contributed by atoms with Gasteiger partial charge in [-0.15, -0.1) is 0 Å². The molecule has 2 rings (SSSR count). The van der Waals surface area contributed by atoms with Gasteiger partial charge in [-0.2, -0.15) is 0 Å². The minimum Gasteiger partial charge on any atom is -0.276 e. The molecule has 0 aromatic heterocycles. The molecule has 0 fully saturated rings. The van der Waals surface area contributed by atoms with Crippen LogP contribution in [0.1, 0.15) is 5.56 Å². The van der Waals surface area contributed by atoms with E-state index in [1.165, 1.54) is 0 Å². The van der Waals surface area contributed by atoms with E-state index < -0.39 is 9.84 Å². The molecule has 0 heterocycles. The molecule has 0 bridgehead atoms. The molecule has 2 aromatic rings. The second-order valence-corrected chi connectivity index (χ2v) is 6.62. The van der Waals surface area contributed by atoms with Crippen LogP contribution in [-0.4, -0.2) is 21.6 Å². The van der Waals surface area contributed by atoms with E-state index in [1.807, 2.05) is 0 Å². The van der Waals surface area contributed by atoms with E-state index in [-0.39, 0.29) is 23.8 Å². The summed E-state index contributed by atoms with van der Waals surface area (Å²) in [6, 6.07) is 15.3. The minimum absolute atomic E-state index is 0.139. The maximum Gasteiger partial charge on any atom is 0.182 e. The number of hydrogen-bond donors (Lipinski definition) is 1. The van der Waals surface area contributed by atoms with Crippen LogP contribution >= 0.6 is 0 Å². The van der Waals surface area contributed by atoms with Crippen molar-refractivity contribution in [1.29, 1.82) is 0 Å². The predicted molar refractivity (Wildman–Crippen MR) is 87.4 cm³/mol. The number of benzene rings is 2. The molecule has 0 saturated carbocycles. The zero-order valence-electron chi connectivity index (χ0n) is 12.3. The van der Waals surface area contributed by atoms with E-state index in [4.69, 9.17) is 10.4 Å². The van der Waals surface area contributed by atoms with Crippen LogP contribution in [0.25, 0.3) is 10.4 Å². The van der Waals surface area contributed by atoms with E-state index in [0.717, 1.165) is 0 Å². The van der Waals surface area contributed by atoms with Gasteiger partial charge in [0.1, 0.15) is 0 Å². The number of nitrogens with zero attached hydrogens (tertiary/aromatic N) is 3. The number of azide groups is 1. The highest BCUT2D eigenvalue weighted by molar-refractivity contribution is 7.90. The standard InChI is InChI=1S/C15H16N4O3S/c16-19-17-10-11-22-18-15-9-5-4-6-13(15)12-23(20,21)14-7-2-1-3-8-14/h1-9,18H,10-12H2. The normalized spacial score (nSPS) is 10.8. The molecule has 0 saturated heterocycles. The predicted octanol–water partition coefficient (Wildman–Crippen LogP) is 3.31. The fourth-order valence-corrected chi connectivity index (χ4v) is 3.32. The second-order valence-electron chi connectivity index (χ2n) is 4.63. The van der Waals surface area contributed by atoms with Gasteiger partial charge in [-0.3, -0.25) is 10.3 Å². The van der Waals surface area contributed by atoms with Crippen molar-refractivity contribution in [2.24, 2.45) is 5.11 Å². The van der Waals surface area contributed by atoms with E-state index in [2.05, 4.69) is 15.5 Å². The highest BCUT2D eigenvalue weighted by Gasteiger charge is 2.16. The summed E-state index contributed by atoms with van der Waals surface area (Å²) in [7, 11) is -3.44. The Bertz CT molecular complexity index is 787. The minimum atomic E-state index is -3.44. The largest absolute Gasteiger partial charge is 0.276 e. The Hall–Kier alpha value is -2.54. The van der Waals surface area contributed by atoms with Gasteiger partial charge >= 0.3 is 0 Å². The third-order valence-corrected chi connectivity index (χ3v) is 4.69. The van der Waals surface area contributed by atoms with Crippen molar-refractivity contribution >= 4 is 15.5 Å². The Morgan fingerprint density at radius 2 is 1.78 bits per heavy atom. The van der Waals surface area contributed by atoms with Crippen LogP contribution < -0.4 is 5.48 Å². The number of para-hydroxylation sites is 1. The molecule has 2 aromatic carbocycles. The van der Waals surface area contributed by atoms with Crippen LogP contribution in [0, 0.1) is 0 Å². The van der Waals surface area contributed by atoms with E-state index in [1.54, 1.807) is 54.6 Å². The van der Waals surface area contributed by atoms with E-state index in [9.17, 15) is 8.42 Å². The molecule has 0 atom stereocenters. The molecule has 0 unspecified atom stereocenters. The maximum atomic E-state index is 12.4. The van der Waals surface area contributed by atoms with E-state index >= 15 is 0 Å². The summed E-state index contributed by atoms with van der Waals surface area (Å²) in [5.41, 5.74) is 12.0. The van der Waals surface area contributed by atoms with Crippen molar-refractivity contribution in [3.05, 3.63) is 70.6 Å². The molecule has 1 N–H and O–H groups in total. The van der Waals surface area contributed by atoms with Gasteiger partial charge in [0.25, 0.3) is 0 Å². The number of rotatable bonds is 8. The Morgan fingerprint density at radius 1 is 1.09 bits per heavy atom. The van der Waals surface area contributed by atoms with Gasteiger partial charge in [0, 0.05) is 4.91 Å². The monoisotopic (exact) mass is 332 g/mol. The molecular weight excluding hydrogens is 316 g/mol. The summed E-state index contributed by atoms with van der Waals surface area (Å²) in [6.45, 7) is 0.373. The highest BCUT2D eigenvalue weighted by atomic mass is 32.2. The first-order valence-corrected chi connectivity index (χ1v) is 8.53. The number of hydrogen-bond acceptors (Lipinski definition) is 5. The SMILES string of the molecule is [N-]=[N+]=NCCONc1ccccc1CS(=O)(=O)c1ccccc1. The molecule has 23 heavy (non-hydrogen) atoms. The number of sulfone groups is 1.